The number of benzene rings is 2. The van der Waals surface area contributed by atoms with Crippen molar-refractivity contribution in [2.24, 2.45) is 5.92 Å². The second-order valence-corrected chi connectivity index (χ2v) is 7.98. The number of carbonyl (C=O) groups excluding carboxylic acids is 1. The highest BCUT2D eigenvalue weighted by atomic mass is 16.5. The molecule has 2 atom stereocenters. The first-order valence-corrected chi connectivity index (χ1v) is 10.5. The minimum absolute atomic E-state index is 0.300. The summed E-state index contributed by atoms with van der Waals surface area (Å²) in [5, 5.41) is 2.87. The van der Waals surface area contributed by atoms with Gasteiger partial charge in [0.1, 0.15) is 11.5 Å². The van der Waals surface area contributed by atoms with E-state index in [0.29, 0.717) is 25.0 Å². The first-order chi connectivity index (χ1) is 14.2. The molecule has 1 aliphatic carbocycles. The third-order valence-corrected chi connectivity index (χ3v) is 5.98. The number of carbonyl (C=O) groups is 1. The summed E-state index contributed by atoms with van der Waals surface area (Å²) < 4.78 is 16.4. The lowest BCUT2D eigenvalue weighted by Crippen LogP contribution is -2.31. The molecule has 0 unspecified atom stereocenters. The topological polar surface area (TPSA) is 56.8 Å². The van der Waals surface area contributed by atoms with E-state index in [1.165, 1.54) is 16.7 Å². The molecule has 1 saturated heterocycles. The number of ether oxygens (including phenoxy) is 3. The molecule has 1 amide bonds. The van der Waals surface area contributed by atoms with E-state index in [9.17, 15) is 4.79 Å². The largest absolute Gasteiger partial charge is 0.497 e. The average Bonchev–Trinajstić information content (AvgIpc) is 2.75. The smallest absolute Gasteiger partial charge is 0.407 e. The van der Waals surface area contributed by atoms with Crippen LogP contribution in [0.4, 0.5) is 4.79 Å². The molecule has 5 nitrogen and oxygen atoms in total. The van der Waals surface area contributed by atoms with Crippen molar-refractivity contribution in [3.05, 3.63) is 59.2 Å². The van der Waals surface area contributed by atoms with Crippen LogP contribution in [0.5, 0.6) is 11.5 Å². The molecular formula is C24H29NO4. The van der Waals surface area contributed by atoms with Crippen LogP contribution in [0.15, 0.2) is 42.5 Å². The molecule has 29 heavy (non-hydrogen) atoms. The first kappa shape index (κ1) is 19.6. The van der Waals surface area contributed by atoms with Gasteiger partial charge in [0.2, 0.25) is 0 Å². The summed E-state index contributed by atoms with van der Waals surface area (Å²) in [7, 11) is 1.67. The Kier molecular flexibility index (Phi) is 6.23. The summed E-state index contributed by atoms with van der Waals surface area (Å²) in [6.07, 6.45) is 4.92. The van der Waals surface area contributed by atoms with Gasteiger partial charge < -0.3 is 19.5 Å². The second kappa shape index (κ2) is 9.21. The maximum atomic E-state index is 11.5. The second-order valence-electron chi connectivity index (χ2n) is 7.98. The Morgan fingerprint density at radius 1 is 1.10 bits per heavy atom. The van der Waals surface area contributed by atoms with Crippen LogP contribution in [-0.4, -0.2) is 33.0 Å². The van der Waals surface area contributed by atoms with Gasteiger partial charge in [-0.25, -0.2) is 4.79 Å². The molecule has 1 fully saturated rings. The van der Waals surface area contributed by atoms with Gasteiger partial charge >= 0.3 is 6.09 Å². The van der Waals surface area contributed by atoms with Crippen molar-refractivity contribution in [3.8, 4) is 11.5 Å². The summed E-state index contributed by atoms with van der Waals surface area (Å²) in [6.45, 7) is 1.87. The van der Waals surface area contributed by atoms with Gasteiger partial charge in [0.15, 0.2) is 0 Å². The van der Waals surface area contributed by atoms with Crippen molar-refractivity contribution in [2.45, 2.75) is 38.0 Å². The van der Waals surface area contributed by atoms with Crippen LogP contribution < -0.4 is 14.8 Å². The van der Waals surface area contributed by atoms with E-state index in [1.54, 1.807) is 7.11 Å². The van der Waals surface area contributed by atoms with Crippen LogP contribution in [0, 0.1) is 5.92 Å². The molecule has 5 heteroatoms. The van der Waals surface area contributed by atoms with E-state index >= 15 is 0 Å². The number of aryl methyl sites for hydroxylation is 1. The highest BCUT2D eigenvalue weighted by Crippen LogP contribution is 2.31. The highest BCUT2D eigenvalue weighted by molar-refractivity contribution is 5.67. The lowest BCUT2D eigenvalue weighted by Gasteiger charge is -2.27. The van der Waals surface area contributed by atoms with Crippen LogP contribution in [0.3, 0.4) is 0 Å². The number of cyclic esters (lactones) is 1. The van der Waals surface area contributed by atoms with E-state index in [2.05, 4.69) is 23.5 Å². The summed E-state index contributed by atoms with van der Waals surface area (Å²) in [6, 6.07) is 14.7. The summed E-state index contributed by atoms with van der Waals surface area (Å²) in [5.74, 6) is 2.57. The molecule has 0 spiro atoms. The van der Waals surface area contributed by atoms with Crippen molar-refractivity contribution in [3.63, 3.8) is 0 Å². The fraction of sp³-hybridized carbons (Fsp3) is 0.458. The van der Waals surface area contributed by atoms with E-state index in [1.807, 2.05) is 24.3 Å². The van der Waals surface area contributed by atoms with Gasteiger partial charge in [-0.1, -0.05) is 24.3 Å². The van der Waals surface area contributed by atoms with Crippen LogP contribution in [-0.2, 0) is 17.6 Å². The number of fused-ring (bicyclic) bond motifs is 1. The molecule has 2 aromatic carbocycles. The number of alkyl carbamates (subject to hydrolysis) is 1. The van der Waals surface area contributed by atoms with Crippen molar-refractivity contribution in [2.75, 3.05) is 26.9 Å². The average molecular weight is 395 g/mol. The molecule has 154 valence electrons. The number of rotatable bonds is 5. The molecular weight excluding hydrogens is 366 g/mol. The highest BCUT2D eigenvalue weighted by Gasteiger charge is 2.22. The minimum Gasteiger partial charge on any atom is -0.497 e. The van der Waals surface area contributed by atoms with Crippen molar-refractivity contribution in [1.29, 1.82) is 0 Å². The molecule has 2 aliphatic rings. The summed E-state index contributed by atoms with van der Waals surface area (Å²) in [5.41, 5.74) is 4.21. The zero-order valence-electron chi connectivity index (χ0n) is 17.0. The van der Waals surface area contributed by atoms with Gasteiger partial charge in [-0.15, -0.1) is 0 Å². The van der Waals surface area contributed by atoms with Crippen LogP contribution in [0.2, 0.25) is 0 Å². The van der Waals surface area contributed by atoms with Gasteiger partial charge in [0.25, 0.3) is 0 Å². The Morgan fingerprint density at radius 3 is 2.90 bits per heavy atom. The summed E-state index contributed by atoms with van der Waals surface area (Å²) in [4.78, 5) is 11.5. The fourth-order valence-corrected chi connectivity index (χ4v) is 4.29. The van der Waals surface area contributed by atoms with E-state index in [-0.39, 0.29) is 6.09 Å². The predicted octanol–water partition coefficient (Wildman–Crippen LogP) is 4.48. The zero-order chi connectivity index (χ0) is 20.1. The lowest BCUT2D eigenvalue weighted by molar-refractivity contribution is 0.136. The lowest BCUT2D eigenvalue weighted by atomic mass is 9.81. The maximum Gasteiger partial charge on any atom is 0.407 e. The minimum atomic E-state index is -0.300. The molecule has 4 rings (SSSR count). The number of nitrogens with one attached hydrogen (secondary N) is 1. The van der Waals surface area contributed by atoms with Crippen molar-refractivity contribution >= 4 is 6.09 Å². The molecule has 0 radical (unpaired) electrons. The van der Waals surface area contributed by atoms with Gasteiger partial charge in [-0.2, -0.15) is 0 Å². The Hall–Kier alpha value is -2.69. The van der Waals surface area contributed by atoms with Crippen LogP contribution in [0.25, 0.3) is 0 Å². The normalized spacial score (nSPS) is 21.8. The third-order valence-electron chi connectivity index (χ3n) is 5.98. The molecule has 2 aromatic rings. The Labute approximate surface area is 172 Å². The van der Waals surface area contributed by atoms with Gasteiger partial charge in [-0.05, 0) is 66.8 Å². The SMILES string of the molecule is COc1cccc(OC[C@@H]2CCc3cc([C@H]4CCCOC(=O)NC4)ccc3C2)c1. The Bertz CT molecular complexity index is 851. The Balaban J connectivity index is 1.36. The number of hydrogen-bond acceptors (Lipinski definition) is 4. The number of hydrogen-bond donors (Lipinski definition) is 1. The number of amides is 1. The Morgan fingerprint density at radius 2 is 2.00 bits per heavy atom. The van der Waals surface area contributed by atoms with Crippen LogP contribution in [0.1, 0.15) is 41.9 Å². The van der Waals surface area contributed by atoms with Crippen LogP contribution >= 0.6 is 0 Å². The molecule has 1 aliphatic heterocycles. The van der Waals surface area contributed by atoms with E-state index in [0.717, 1.165) is 50.2 Å². The van der Waals surface area contributed by atoms with Gasteiger partial charge in [0.05, 0.1) is 20.3 Å². The predicted molar refractivity (Wildman–Crippen MR) is 112 cm³/mol. The third kappa shape index (κ3) is 5.03. The monoisotopic (exact) mass is 395 g/mol. The van der Waals surface area contributed by atoms with Crippen molar-refractivity contribution in [1.82, 2.24) is 5.32 Å². The standard InChI is InChI=1S/C24H29NO4/c1-27-22-5-2-6-23(14-22)29-16-17-7-8-19-13-20(10-9-18(19)12-17)21-4-3-11-28-24(26)25-15-21/h2,5-6,9-10,13-14,17,21H,3-4,7-8,11-12,15-16H2,1H3,(H,25,26)/t17-,21+/m1/s1. The molecule has 0 saturated carbocycles. The molecule has 1 heterocycles. The van der Waals surface area contributed by atoms with Gasteiger partial charge in [-0.3, -0.25) is 0 Å². The molecule has 0 aromatic heterocycles. The number of methoxy groups -OCH3 is 1. The van der Waals surface area contributed by atoms with Crippen molar-refractivity contribution < 1.29 is 19.0 Å². The first-order valence-electron chi connectivity index (χ1n) is 10.5. The molecule has 0 bridgehead atoms. The van der Waals surface area contributed by atoms with E-state index in [4.69, 9.17) is 14.2 Å². The molecule has 1 N–H and O–H groups in total. The van der Waals surface area contributed by atoms with Gasteiger partial charge in [0, 0.05) is 18.5 Å². The van der Waals surface area contributed by atoms with E-state index < -0.39 is 0 Å². The fourth-order valence-electron chi connectivity index (χ4n) is 4.29. The quantitative estimate of drug-likeness (QED) is 0.811. The summed E-state index contributed by atoms with van der Waals surface area (Å²) >= 11 is 0. The maximum absolute atomic E-state index is 11.5. The zero-order valence-corrected chi connectivity index (χ0v) is 17.0.